The van der Waals surface area contributed by atoms with Crippen LogP contribution in [0.25, 0.3) is 0 Å². The fourth-order valence-electron chi connectivity index (χ4n) is 2.26. The van der Waals surface area contributed by atoms with E-state index < -0.39 is 18.0 Å². The lowest BCUT2D eigenvalue weighted by Gasteiger charge is -2.24. The predicted octanol–water partition coefficient (Wildman–Crippen LogP) is 2.73. The molecule has 0 saturated carbocycles. The molecule has 0 bridgehead atoms. The Hall–Kier alpha value is -2.67. The maximum atomic E-state index is 12.1. The summed E-state index contributed by atoms with van der Waals surface area (Å²) in [5.74, 6) is 0.0123. The number of fused-ring (bicyclic) bond motifs is 1. The monoisotopic (exact) mass is 359 g/mol. The normalized spacial score (nSPS) is 15.3. The van der Waals surface area contributed by atoms with Crippen molar-refractivity contribution in [3.63, 3.8) is 0 Å². The summed E-state index contributed by atoms with van der Waals surface area (Å²) in [6.45, 7) is -0.336. The van der Waals surface area contributed by atoms with Gasteiger partial charge >= 0.3 is 5.97 Å². The van der Waals surface area contributed by atoms with Gasteiger partial charge in [-0.3, -0.25) is 4.79 Å². The average molecular weight is 359 g/mol. The summed E-state index contributed by atoms with van der Waals surface area (Å²) in [6, 6.07) is 14.5. The van der Waals surface area contributed by atoms with E-state index in [-0.39, 0.29) is 13.2 Å². The smallest absolute Gasteiger partial charge is 0.351 e. The van der Waals surface area contributed by atoms with E-state index in [0.29, 0.717) is 17.2 Å². The van der Waals surface area contributed by atoms with Crippen LogP contribution in [0.5, 0.6) is 11.5 Å². The molecule has 2 aromatic rings. The van der Waals surface area contributed by atoms with Gasteiger partial charge in [0.15, 0.2) is 18.1 Å². The highest BCUT2D eigenvalue weighted by Crippen LogP contribution is 2.31. The Morgan fingerprint density at radius 3 is 2.80 bits per heavy atom. The number of hydrogen-bond acceptors (Lipinski definition) is 6. The van der Waals surface area contributed by atoms with Crippen molar-refractivity contribution in [3.05, 3.63) is 48.5 Å². The summed E-state index contributed by atoms with van der Waals surface area (Å²) in [7, 11) is 0. The minimum atomic E-state index is -0.887. The summed E-state index contributed by atoms with van der Waals surface area (Å²) in [5.41, 5.74) is 0.652. The molecule has 25 heavy (non-hydrogen) atoms. The number of ether oxygens (including phenoxy) is 3. The number of nitrogens with one attached hydrogen (secondary N) is 1. The Balaban J connectivity index is 1.50. The van der Waals surface area contributed by atoms with Crippen molar-refractivity contribution in [2.24, 2.45) is 0 Å². The van der Waals surface area contributed by atoms with Crippen LogP contribution < -0.4 is 14.8 Å². The number of thioether (sulfide) groups is 1. The first kappa shape index (κ1) is 17.2. The van der Waals surface area contributed by atoms with Gasteiger partial charge in [-0.1, -0.05) is 18.2 Å². The quantitative estimate of drug-likeness (QED) is 0.654. The number of carbonyl (C=O) groups excluding carboxylic acids is 2. The van der Waals surface area contributed by atoms with Gasteiger partial charge in [0.2, 0.25) is 6.10 Å². The molecule has 130 valence electrons. The van der Waals surface area contributed by atoms with Gasteiger partial charge in [0.1, 0.15) is 6.61 Å². The van der Waals surface area contributed by atoms with E-state index in [4.69, 9.17) is 14.2 Å². The molecule has 1 atom stereocenters. The number of anilines is 1. The molecule has 0 spiro atoms. The lowest BCUT2D eigenvalue weighted by Crippen LogP contribution is -2.39. The molecule has 0 unspecified atom stereocenters. The van der Waals surface area contributed by atoms with E-state index in [9.17, 15) is 9.59 Å². The number of benzene rings is 2. The largest absolute Gasteiger partial charge is 0.485 e. The van der Waals surface area contributed by atoms with Crippen LogP contribution in [-0.2, 0) is 14.3 Å². The van der Waals surface area contributed by atoms with Gasteiger partial charge in [0, 0.05) is 10.6 Å². The molecule has 0 fully saturated rings. The Bertz CT molecular complexity index is 780. The van der Waals surface area contributed by atoms with E-state index in [0.717, 1.165) is 4.90 Å². The molecule has 0 aromatic heterocycles. The number of hydrogen-bond donors (Lipinski definition) is 1. The second-order valence-corrected chi connectivity index (χ2v) is 6.13. The molecule has 1 N–H and O–H groups in total. The zero-order valence-corrected chi connectivity index (χ0v) is 14.4. The predicted molar refractivity (Wildman–Crippen MR) is 94.2 cm³/mol. The first-order chi connectivity index (χ1) is 12.2. The second-order valence-electron chi connectivity index (χ2n) is 5.25. The number of esters is 1. The molecular weight excluding hydrogens is 342 g/mol. The van der Waals surface area contributed by atoms with Crippen LogP contribution >= 0.6 is 11.8 Å². The molecule has 7 heteroatoms. The Morgan fingerprint density at radius 1 is 1.20 bits per heavy atom. The van der Waals surface area contributed by atoms with Crippen molar-refractivity contribution in [2.75, 3.05) is 24.8 Å². The van der Waals surface area contributed by atoms with E-state index in [1.54, 1.807) is 36.0 Å². The summed E-state index contributed by atoms with van der Waals surface area (Å²) in [6.07, 6.45) is 1.06. The molecule has 1 aliphatic rings. The molecule has 2 aromatic carbocycles. The van der Waals surface area contributed by atoms with Crippen LogP contribution in [0, 0.1) is 0 Å². The lowest BCUT2D eigenvalue weighted by atomic mass is 10.2. The Kier molecular flexibility index (Phi) is 5.45. The molecule has 1 heterocycles. The standard InChI is InChI=1S/C18H17NO5S/c1-25-13-6-4-5-12(9-13)19-17(20)11-23-18(21)16-10-22-14-7-2-3-8-15(14)24-16/h2-9,16H,10-11H2,1H3,(H,19,20)/t16-/m0/s1. The van der Waals surface area contributed by atoms with Crippen molar-refractivity contribution in [3.8, 4) is 11.5 Å². The van der Waals surface area contributed by atoms with Gasteiger partial charge in [-0.15, -0.1) is 11.8 Å². The van der Waals surface area contributed by atoms with E-state index >= 15 is 0 Å². The van der Waals surface area contributed by atoms with E-state index in [2.05, 4.69) is 5.32 Å². The summed E-state index contributed by atoms with van der Waals surface area (Å²) < 4.78 is 16.0. The van der Waals surface area contributed by atoms with Gasteiger partial charge in [0.25, 0.3) is 5.91 Å². The Morgan fingerprint density at radius 2 is 2.00 bits per heavy atom. The van der Waals surface area contributed by atoms with Crippen LogP contribution in [0.2, 0.25) is 0 Å². The van der Waals surface area contributed by atoms with Crippen molar-refractivity contribution < 1.29 is 23.8 Å². The van der Waals surface area contributed by atoms with Gasteiger partial charge in [-0.05, 0) is 36.6 Å². The zero-order valence-electron chi connectivity index (χ0n) is 13.6. The van der Waals surface area contributed by atoms with E-state index in [1.165, 1.54) is 0 Å². The minimum absolute atomic E-state index is 0.0488. The molecule has 3 rings (SSSR count). The number of para-hydroxylation sites is 2. The topological polar surface area (TPSA) is 73.9 Å². The molecule has 1 aliphatic heterocycles. The van der Waals surface area contributed by atoms with E-state index in [1.807, 2.05) is 30.5 Å². The van der Waals surface area contributed by atoms with Crippen LogP contribution in [0.1, 0.15) is 0 Å². The van der Waals surface area contributed by atoms with Gasteiger partial charge in [-0.25, -0.2) is 4.79 Å². The van der Waals surface area contributed by atoms with Gasteiger partial charge in [0.05, 0.1) is 0 Å². The summed E-state index contributed by atoms with van der Waals surface area (Å²) in [5, 5.41) is 2.69. The lowest BCUT2D eigenvalue weighted by molar-refractivity contribution is -0.156. The molecule has 1 amide bonds. The number of carbonyl (C=O) groups is 2. The molecule has 6 nitrogen and oxygen atoms in total. The molecule has 0 aliphatic carbocycles. The maximum Gasteiger partial charge on any atom is 0.351 e. The summed E-state index contributed by atoms with van der Waals surface area (Å²) in [4.78, 5) is 25.0. The Labute approximate surface area is 149 Å². The number of amides is 1. The van der Waals surface area contributed by atoms with Crippen molar-refractivity contribution >= 4 is 29.3 Å². The second kappa shape index (κ2) is 7.94. The molecule has 0 radical (unpaired) electrons. The van der Waals surface area contributed by atoms with Gasteiger partial charge in [-0.2, -0.15) is 0 Å². The fraction of sp³-hybridized carbons (Fsp3) is 0.222. The third kappa shape index (κ3) is 4.45. The number of rotatable bonds is 5. The minimum Gasteiger partial charge on any atom is -0.485 e. The van der Waals surface area contributed by atoms with Crippen molar-refractivity contribution in [2.45, 2.75) is 11.0 Å². The zero-order chi connectivity index (χ0) is 17.6. The van der Waals surface area contributed by atoms with Crippen LogP contribution in [0.3, 0.4) is 0 Å². The highest BCUT2D eigenvalue weighted by molar-refractivity contribution is 7.98. The van der Waals surface area contributed by atoms with Gasteiger partial charge < -0.3 is 19.5 Å². The van der Waals surface area contributed by atoms with Crippen molar-refractivity contribution in [1.29, 1.82) is 0 Å². The third-order valence-corrected chi connectivity index (χ3v) is 4.20. The fourth-order valence-corrected chi connectivity index (χ4v) is 2.72. The van der Waals surface area contributed by atoms with Crippen LogP contribution in [-0.4, -0.2) is 37.4 Å². The third-order valence-electron chi connectivity index (χ3n) is 3.47. The maximum absolute atomic E-state index is 12.1. The first-order valence-corrected chi connectivity index (χ1v) is 8.87. The SMILES string of the molecule is CSc1cccc(NC(=O)COC(=O)[C@@H]2COc3ccccc3O2)c1. The highest BCUT2D eigenvalue weighted by Gasteiger charge is 2.29. The highest BCUT2D eigenvalue weighted by atomic mass is 32.2. The first-order valence-electron chi connectivity index (χ1n) is 7.65. The summed E-state index contributed by atoms with van der Waals surface area (Å²) >= 11 is 1.57. The average Bonchev–Trinajstić information content (AvgIpc) is 2.65. The molecule has 0 saturated heterocycles. The van der Waals surface area contributed by atoms with Crippen LogP contribution in [0.4, 0.5) is 5.69 Å². The van der Waals surface area contributed by atoms with Crippen molar-refractivity contribution in [1.82, 2.24) is 0 Å². The molecular formula is C18H17NO5S. The van der Waals surface area contributed by atoms with Crippen LogP contribution in [0.15, 0.2) is 53.4 Å².